The summed E-state index contributed by atoms with van der Waals surface area (Å²) in [4.78, 5) is 2.27. The standard InChI is InChI=1S/C63H81NO6/c1-6-8-10-12-14-58-45-63(59(44-52(58)5)15-13-11-9-7-2)57-28-22-54(23-29-57)47-68-41-37-66-39-43-70-49-56-26-34-62(35-27-56)64(60-30-18-51(4)19-31-60)61-32-24-55(25-33-61)48-69-42-38-65-36-40-67-46-53-20-16-50(3)17-21-53/h16-35,44-45H,6-15,36-43,46-49H2,1-5H3. The maximum atomic E-state index is 6.01. The molecule has 0 bridgehead atoms. The van der Waals surface area contributed by atoms with E-state index in [1.165, 1.54) is 108 Å². The predicted molar refractivity (Wildman–Crippen MR) is 290 cm³/mol. The van der Waals surface area contributed by atoms with Crippen molar-refractivity contribution in [2.45, 2.75) is 125 Å². The van der Waals surface area contributed by atoms with E-state index in [1.807, 2.05) is 0 Å². The summed E-state index contributed by atoms with van der Waals surface area (Å²) in [6.45, 7) is 17.6. The summed E-state index contributed by atoms with van der Waals surface area (Å²) in [5.41, 5.74) is 17.5. The lowest BCUT2D eigenvalue weighted by atomic mass is 9.89. The third-order valence-corrected chi connectivity index (χ3v) is 12.8. The Balaban J connectivity index is 0.879. The molecule has 0 radical (unpaired) electrons. The molecule has 70 heavy (non-hydrogen) atoms. The maximum Gasteiger partial charge on any atom is 0.0718 e. The topological polar surface area (TPSA) is 58.6 Å². The molecule has 7 nitrogen and oxygen atoms in total. The first kappa shape index (κ1) is 54.2. The van der Waals surface area contributed by atoms with Gasteiger partial charge in [-0.3, -0.25) is 0 Å². The molecule has 0 spiro atoms. The first-order valence-corrected chi connectivity index (χ1v) is 26.2. The number of rotatable bonds is 34. The minimum atomic E-state index is 0.519. The van der Waals surface area contributed by atoms with E-state index in [4.69, 9.17) is 28.4 Å². The lowest BCUT2D eigenvalue weighted by Gasteiger charge is -2.26. The van der Waals surface area contributed by atoms with E-state index in [-0.39, 0.29) is 0 Å². The molecular weight excluding hydrogens is 867 g/mol. The number of benzene rings is 6. The van der Waals surface area contributed by atoms with E-state index in [9.17, 15) is 0 Å². The number of aryl methyl sites for hydroxylation is 5. The van der Waals surface area contributed by atoms with Crippen LogP contribution in [0, 0.1) is 20.8 Å². The molecule has 6 rings (SSSR count). The molecule has 0 atom stereocenters. The molecule has 0 amide bonds. The lowest BCUT2D eigenvalue weighted by molar-refractivity contribution is 0.00704. The van der Waals surface area contributed by atoms with Crippen molar-refractivity contribution in [3.63, 3.8) is 0 Å². The second-order valence-corrected chi connectivity index (χ2v) is 18.7. The highest BCUT2D eigenvalue weighted by Gasteiger charge is 2.14. The van der Waals surface area contributed by atoms with Gasteiger partial charge in [0.2, 0.25) is 0 Å². The Morgan fingerprint density at radius 1 is 0.343 bits per heavy atom. The van der Waals surface area contributed by atoms with Crippen molar-refractivity contribution in [2.75, 3.05) is 57.8 Å². The molecular formula is C63H81NO6. The summed E-state index contributed by atoms with van der Waals surface area (Å²) in [5.74, 6) is 0. The Kier molecular flexibility index (Phi) is 24.2. The van der Waals surface area contributed by atoms with Crippen LogP contribution in [0.5, 0.6) is 0 Å². The molecule has 6 aromatic carbocycles. The molecule has 0 saturated heterocycles. The van der Waals surface area contributed by atoms with Crippen molar-refractivity contribution >= 4 is 17.1 Å². The Hall–Kier alpha value is -5.12. The first-order chi connectivity index (χ1) is 34.4. The van der Waals surface area contributed by atoms with Gasteiger partial charge in [0, 0.05) is 17.1 Å². The Labute approximate surface area is 421 Å². The zero-order valence-electron chi connectivity index (χ0n) is 43.2. The summed E-state index contributed by atoms with van der Waals surface area (Å²) < 4.78 is 35.3. The van der Waals surface area contributed by atoms with E-state index in [0.717, 1.165) is 34.6 Å². The average molecular weight is 948 g/mol. The molecule has 0 aliphatic rings. The van der Waals surface area contributed by atoms with Crippen LogP contribution in [0.2, 0.25) is 0 Å². The summed E-state index contributed by atoms with van der Waals surface area (Å²) in [5, 5.41) is 0. The zero-order valence-corrected chi connectivity index (χ0v) is 43.2. The molecule has 374 valence electrons. The second-order valence-electron chi connectivity index (χ2n) is 18.7. The quantitative estimate of drug-likeness (QED) is 0.0374. The molecule has 0 aliphatic carbocycles. The number of unbranched alkanes of at least 4 members (excludes halogenated alkanes) is 6. The number of nitrogens with zero attached hydrogens (tertiary/aromatic N) is 1. The minimum absolute atomic E-state index is 0.519. The van der Waals surface area contributed by atoms with Gasteiger partial charge in [-0.05, 0) is 133 Å². The van der Waals surface area contributed by atoms with Crippen LogP contribution >= 0.6 is 0 Å². The van der Waals surface area contributed by atoms with Gasteiger partial charge in [-0.15, -0.1) is 0 Å². The van der Waals surface area contributed by atoms with Crippen LogP contribution in [0.1, 0.15) is 115 Å². The van der Waals surface area contributed by atoms with Crippen molar-refractivity contribution in [3.05, 3.63) is 184 Å². The molecule has 0 fully saturated rings. The third kappa shape index (κ3) is 18.9. The summed E-state index contributed by atoms with van der Waals surface area (Å²) in [7, 11) is 0. The van der Waals surface area contributed by atoms with Crippen LogP contribution in [0.3, 0.4) is 0 Å². The number of hydrogen-bond donors (Lipinski definition) is 0. The number of anilines is 3. The van der Waals surface area contributed by atoms with Crippen LogP contribution in [0.15, 0.2) is 133 Å². The molecule has 6 aromatic rings. The minimum Gasteiger partial charge on any atom is -0.377 e. The van der Waals surface area contributed by atoms with Crippen LogP contribution < -0.4 is 4.90 Å². The largest absolute Gasteiger partial charge is 0.377 e. The fourth-order valence-electron chi connectivity index (χ4n) is 8.57. The van der Waals surface area contributed by atoms with Crippen LogP contribution in [-0.4, -0.2) is 52.9 Å². The van der Waals surface area contributed by atoms with E-state index in [1.54, 1.807) is 0 Å². The molecule has 0 N–H and O–H groups in total. The monoisotopic (exact) mass is 948 g/mol. The molecule has 0 heterocycles. The lowest BCUT2D eigenvalue weighted by Crippen LogP contribution is -2.11. The van der Waals surface area contributed by atoms with E-state index in [0.29, 0.717) is 79.3 Å². The van der Waals surface area contributed by atoms with Crippen molar-refractivity contribution in [2.24, 2.45) is 0 Å². The summed E-state index contributed by atoms with van der Waals surface area (Å²) >= 11 is 0. The fourth-order valence-corrected chi connectivity index (χ4v) is 8.57. The smallest absolute Gasteiger partial charge is 0.0718 e. The van der Waals surface area contributed by atoms with E-state index >= 15 is 0 Å². The highest BCUT2D eigenvalue weighted by atomic mass is 16.5. The first-order valence-electron chi connectivity index (χ1n) is 26.2. The highest BCUT2D eigenvalue weighted by Crippen LogP contribution is 2.35. The van der Waals surface area contributed by atoms with Gasteiger partial charge in [0.05, 0.1) is 79.3 Å². The Morgan fingerprint density at radius 2 is 0.686 bits per heavy atom. The highest BCUT2D eigenvalue weighted by molar-refractivity contribution is 5.76. The number of hydrogen-bond acceptors (Lipinski definition) is 7. The van der Waals surface area contributed by atoms with Gasteiger partial charge in [0.15, 0.2) is 0 Å². The Morgan fingerprint density at radius 3 is 1.10 bits per heavy atom. The van der Waals surface area contributed by atoms with Crippen molar-refractivity contribution in [1.29, 1.82) is 0 Å². The van der Waals surface area contributed by atoms with Gasteiger partial charge in [-0.2, -0.15) is 0 Å². The van der Waals surface area contributed by atoms with Crippen molar-refractivity contribution in [3.8, 4) is 11.1 Å². The second kappa shape index (κ2) is 31.3. The average Bonchev–Trinajstić information content (AvgIpc) is 3.38. The predicted octanol–water partition coefficient (Wildman–Crippen LogP) is 15.5. The Bertz CT molecular complexity index is 2330. The maximum absolute atomic E-state index is 6.01. The van der Waals surface area contributed by atoms with Gasteiger partial charge in [0.25, 0.3) is 0 Å². The zero-order chi connectivity index (χ0) is 49.0. The molecule has 0 saturated carbocycles. The normalized spacial score (nSPS) is 11.4. The van der Waals surface area contributed by atoms with Gasteiger partial charge in [-0.1, -0.05) is 161 Å². The van der Waals surface area contributed by atoms with Crippen LogP contribution in [-0.2, 0) is 67.7 Å². The molecule has 7 heteroatoms. The van der Waals surface area contributed by atoms with Gasteiger partial charge < -0.3 is 33.3 Å². The van der Waals surface area contributed by atoms with Gasteiger partial charge >= 0.3 is 0 Å². The summed E-state index contributed by atoms with van der Waals surface area (Å²) in [6.07, 6.45) is 12.6. The van der Waals surface area contributed by atoms with Gasteiger partial charge in [-0.25, -0.2) is 0 Å². The van der Waals surface area contributed by atoms with Crippen LogP contribution in [0.25, 0.3) is 11.1 Å². The van der Waals surface area contributed by atoms with Gasteiger partial charge in [0.1, 0.15) is 0 Å². The molecule has 0 unspecified atom stereocenters. The van der Waals surface area contributed by atoms with Crippen molar-refractivity contribution in [1.82, 2.24) is 0 Å². The van der Waals surface area contributed by atoms with Crippen LogP contribution in [0.4, 0.5) is 17.1 Å². The SMILES string of the molecule is CCCCCCc1cc(-c2ccc(COCCOCCOCc3ccc(N(c4ccc(C)cc4)c4ccc(COCCOCCOCc5ccc(C)cc5)cc4)cc3)cc2)c(CCCCCC)cc1C. The number of ether oxygens (including phenoxy) is 6. The van der Waals surface area contributed by atoms with E-state index < -0.39 is 0 Å². The molecule has 0 aromatic heterocycles. The van der Waals surface area contributed by atoms with Crippen molar-refractivity contribution < 1.29 is 28.4 Å². The molecule has 0 aliphatic heterocycles. The summed E-state index contributed by atoms with van der Waals surface area (Å²) in [6, 6.07) is 48.2. The van der Waals surface area contributed by atoms with E-state index in [2.05, 4.69) is 173 Å². The fraction of sp³-hybridized carbons (Fsp3) is 0.429. The third-order valence-electron chi connectivity index (χ3n) is 12.8.